The fourth-order valence-corrected chi connectivity index (χ4v) is 6.93. The third-order valence-corrected chi connectivity index (χ3v) is 9.93. The van der Waals surface area contributed by atoms with Crippen molar-refractivity contribution in [3.05, 3.63) is 12.4 Å². The van der Waals surface area contributed by atoms with Gasteiger partial charge >= 0.3 is 0 Å². The Kier molecular flexibility index (Phi) is 29.8. The van der Waals surface area contributed by atoms with E-state index in [1.165, 1.54) is 218 Å². The van der Waals surface area contributed by atoms with E-state index in [0.717, 1.165) is 0 Å². The Morgan fingerprint density at radius 1 is 0.357 bits per heavy atom. The monoisotopic (exact) mass is 589 g/mol. The predicted molar refractivity (Wildman–Crippen MR) is 191 cm³/mol. The third kappa shape index (κ3) is 24.7. The summed E-state index contributed by atoms with van der Waals surface area (Å²) in [6, 6.07) is 0. The molecule has 1 aliphatic rings. The summed E-state index contributed by atoms with van der Waals surface area (Å²) in [6.07, 6.45) is 53.1. The number of rotatable bonds is 34. The molecule has 1 unspecified atom stereocenters. The van der Waals surface area contributed by atoms with E-state index in [0.29, 0.717) is 6.17 Å². The number of nitrogens with zero attached hydrogens (tertiary/aromatic N) is 2. The highest BCUT2D eigenvalue weighted by Crippen LogP contribution is 2.22. The Labute approximate surface area is 267 Å². The summed E-state index contributed by atoms with van der Waals surface area (Å²) in [7, 11) is 2.28. The van der Waals surface area contributed by atoms with Crippen LogP contribution >= 0.6 is 0 Å². The molecule has 0 spiro atoms. The van der Waals surface area contributed by atoms with Gasteiger partial charge in [0.25, 0.3) is 0 Å². The van der Waals surface area contributed by atoms with Crippen molar-refractivity contribution in [2.24, 2.45) is 0 Å². The van der Waals surface area contributed by atoms with Gasteiger partial charge in [-0.25, -0.2) is 0 Å². The molecule has 0 N–H and O–H groups in total. The molecule has 0 aromatic carbocycles. The minimum atomic E-state index is 0.619. The standard InChI is InChI=1S/C40H80N2/c1-4-6-8-10-12-14-16-18-20-21-22-24-26-28-30-32-34-36-40-41(3)38-39-42(40)37-35-33-31-29-27-25-23-19-17-15-13-11-9-7-5-2/h38-40H,4-37H2,1-3H3. The van der Waals surface area contributed by atoms with Gasteiger partial charge in [-0.1, -0.05) is 206 Å². The summed E-state index contributed by atoms with van der Waals surface area (Å²) in [5.74, 6) is 0. The molecule has 0 aromatic heterocycles. The molecule has 42 heavy (non-hydrogen) atoms. The van der Waals surface area contributed by atoms with Gasteiger partial charge in [0.15, 0.2) is 0 Å². The molecule has 0 aliphatic carbocycles. The van der Waals surface area contributed by atoms with Crippen molar-refractivity contribution in [2.75, 3.05) is 13.6 Å². The summed E-state index contributed by atoms with van der Waals surface area (Å²) >= 11 is 0. The first-order valence-corrected chi connectivity index (χ1v) is 20.0. The van der Waals surface area contributed by atoms with E-state index in [-0.39, 0.29) is 0 Å². The van der Waals surface area contributed by atoms with Crippen LogP contribution in [0.4, 0.5) is 0 Å². The first kappa shape index (κ1) is 39.4. The van der Waals surface area contributed by atoms with Gasteiger partial charge in [-0.05, 0) is 19.3 Å². The van der Waals surface area contributed by atoms with Crippen LogP contribution in [-0.2, 0) is 0 Å². The lowest BCUT2D eigenvalue weighted by atomic mass is 10.0. The summed E-state index contributed by atoms with van der Waals surface area (Å²) in [5, 5.41) is 0. The van der Waals surface area contributed by atoms with Gasteiger partial charge in [-0.2, -0.15) is 0 Å². The summed E-state index contributed by atoms with van der Waals surface area (Å²) in [6.45, 7) is 5.87. The highest BCUT2D eigenvalue weighted by Gasteiger charge is 2.22. The Morgan fingerprint density at radius 2 is 0.643 bits per heavy atom. The van der Waals surface area contributed by atoms with Crippen molar-refractivity contribution in [1.82, 2.24) is 9.80 Å². The lowest BCUT2D eigenvalue weighted by Gasteiger charge is -2.30. The SMILES string of the molecule is CCCCCCCCCCCCCCCCCCCC1N(C)C=CN1CCCCCCCCCCCCCCCCC. The van der Waals surface area contributed by atoms with Gasteiger partial charge in [-0.15, -0.1) is 0 Å². The lowest BCUT2D eigenvalue weighted by molar-refractivity contribution is 0.159. The molecule has 1 heterocycles. The Bertz CT molecular complexity index is 544. The summed E-state index contributed by atoms with van der Waals surface area (Å²) in [5.41, 5.74) is 0. The molecule has 0 amide bonds. The van der Waals surface area contributed by atoms with E-state index in [1.54, 1.807) is 0 Å². The van der Waals surface area contributed by atoms with Crippen LogP contribution in [-0.4, -0.2) is 29.6 Å². The average molecular weight is 589 g/mol. The molecule has 1 atom stereocenters. The van der Waals surface area contributed by atoms with E-state index in [2.05, 4.69) is 43.1 Å². The molecular weight excluding hydrogens is 508 g/mol. The topological polar surface area (TPSA) is 6.48 Å². The molecule has 250 valence electrons. The van der Waals surface area contributed by atoms with Crippen LogP contribution in [0.15, 0.2) is 12.4 Å². The molecular formula is C40H80N2. The molecule has 0 aromatic rings. The second kappa shape index (κ2) is 31.8. The van der Waals surface area contributed by atoms with Crippen LogP contribution in [0.2, 0.25) is 0 Å². The Hall–Kier alpha value is -0.660. The largest absolute Gasteiger partial charge is 0.359 e. The van der Waals surface area contributed by atoms with Gasteiger partial charge in [-0.3, -0.25) is 0 Å². The fourth-order valence-electron chi connectivity index (χ4n) is 6.93. The molecule has 1 aliphatic heterocycles. The van der Waals surface area contributed by atoms with Gasteiger partial charge in [0, 0.05) is 26.0 Å². The van der Waals surface area contributed by atoms with E-state index < -0.39 is 0 Å². The van der Waals surface area contributed by atoms with Crippen molar-refractivity contribution < 1.29 is 0 Å². The number of unbranched alkanes of at least 4 members (excludes halogenated alkanes) is 30. The van der Waals surface area contributed by atoms with E-state index in [1.807, 2.05) is 0 Å². The van der Waals surface area contributed by atoms with Gasteiger partial charge in [0.2, 0.25) is 0 Å². The quantitative estimate of drug-likeness (QED) is 0.0690. The van der Waals surface area contributed by atoms with Gasteiger partial charge in [0.05, 0.1) is 0 Å². The third-order valence-electron chi connectivity index (χ3n) is 9.93. The van der Waals surface area contributed by atoms with Crippen molar-refractivity contribution >= 4 is 0 Å². The number of hydrogen-bond acceptors (Lipinski definition) is 2. The minimum absolute atomic E-state index is 0.619. The van der Waals surface area contributed by atoms with Crippen LogP contribution in [0.1, 0.15) is 226 Å². The van der Waals surface area contributed by atoms with Crippen molar-refractivity contribution in [3.8, 4) is 0 Å². The smallest absolute Gasteiger partial charge is 0.100 e. The first-order chi connectivity index (χ1) is 20.8. The lowest BCUT2D eigenvalue weighted by Crippen LogP contribution is -2.37. The Morgan fingerprint density at radius 3 is 0.976 bits per heavy atom. The highest BCUT2D eigenvalue weighted by atomic mass is 15.4. The van der Waals surface area contributed by atoms with E-state index in [9.17, 15) is 0 Å². The maximum Gasteiger partial charge on any atom is 0.100 e. The van der Waals surface area contributed by atoms with Crippen molar-refractivity contribution in [3.63, 3.8) is 0 Å². The zero-order valence-electron chi connectivity index (χ0n) is 29.7. The molecule has 0 saturated heterocycles. The summed E-state index contributed by atoms with van der Waals surface area (Å²) < 4.78 is 0. The van der Waals surface area contributed by atoms with Crippen molar-refractivity contribution in [1.29, 1.82) is 0 Å². The van der Waals surface area contributed by atoms with Crippen LogP contribution in [0.5, 0.6) is 0 Å². The van der Waals surface area contributed by atoms with Gasteiger partial charge < -0.3 is 9.80 Å². The summed E-state index contributed by atoms with van der Waals surface area (Å²) in [4.78, 5) is 5.09. The number of hydrogen-bond donors (Lipinski definition) is 0. The molecule has 0 radical (unpaired) electrons. The van der Waals surface area contributed by atoms with Crippen LogP contribution < -0.4 is 0 Å². The minimum Gasteiger partial charge on any atom is -0.359 e. The second-order valence-electron chi connectivity index (χ2n) is 14.1. The van der Waals surface area contributed by atoms with Crippen molar-refractivity contribution in [2.45, 2.75) is 232 Å². The molecule has 1 rings (SSSR count). The van der Waals surface area contributed by atoms with E-state index >= 15 is 0 Å². The molecule has 0 fully saturated rings. The Balaban J connectivity index is 1.85. The first-order valence-electron chi connectivity index (χ1n) is 20.0. The van der Waals surface area contributed by atoms with Crippen LogP contribution in [0, 0.1) is 0 Å². The highest BCUT2D eigenvalue weighted by molar-refractivity contribution is 4.95. The molecule has 0 saturated carbocycles. The zero-order valence-corrected chi connectivity index (χ0v) is 29.7. The maximum atomic E-state index is 2.63. The van der Waals surface area contributed by atoms with Crippen LogP contribution in [0.3, 0.4) is 0 Å². The van der Waals surface area contributed by atoms with Crippen LogP contribution in [0.25, 0.3) is 0 Å². The fraction of sp³-hybridized carbons (Fsp3) is 0.950. The molecule has 0 bridgehead atoms. The molecule has 2 heteroatoms. The zero-order chi connectivity index (χ0) is 30.2. The van der Waals surface area contributed by atoms with Gasteiger partial charge in [0.1, 0.15) is 6.17 Å². The second-order valence-corrected chi connectivity index (χ2v) is 14.1. The predicted octanol–water partition coefficient (Wildman–Crippen LogP) is 13.9. The maximum absolute atomic E-state index is 2.63. The normalized spacial score (nSPS) is 15.0. The average Bonchev–Trinajstić information content (AvgIpc) is 3.35. The molecule has 2 nitrogen and oxygen atoms in total. The van der Waals surface area contributed by atoms with E-state index in [4.69, 9.17) is 0 Å².